The van der Waals surface area contributed by atoms with E-state index in [9.17, 15) is 121 Å². The van der Waals surface area contributed by atoms with Crippen molar-refractivity contribution in [1.82, 2.24) is 79.8 Å². The van der Waals surface area contributed by atoms with Crippen LogP contribution in [0.1, 0.15) is 141 Å². The number of carboxylic acids is 3. The van der Waals surface area contributed by atoms with Gasteiger partial charge in [-0.25, -0.2) is 4.79 Å². The van der Waals surface area contributed by atoms with Gasteiger partial charge in [-0.15, -0.1) is 0 Å². The number of aromatic hydroxyl groups is 1. The second-order valence-corrected chi connectivity index (χ2v) is 30.6. The fourth-order valence-corrected chi connectivity index (χ4v) is 11.3. The van der Waals surface area contributed by atoms with Gasteiger partial charge in [-0.1, -0.05) is 81.4 Å². The number of hydrogen-bond donors (Lipinski definition) is 24. The van der Waals surface area contributed by atoms with Crippen molar-refractivity contribution in [3.8, 4) is 5.75 Å². The first-order chi connectivity index (χ1) is 54.3. The van der Waals surface area contributed by atoms with Crippen LogP contribution in [0.15, 0.2) is 24.3 Å². The molecule has 0 aromatic heterocycles. The van der Waals surface area contributed by atoms with E-state index < -0.39 is 290 Å². The minimum absolute atomic E-state index is 0.117. The van der Waals surface area contributed by atoms with Crippen molar-refractivity contribution in [3.63, 3.8) is 0 Å². The Bertz CT molecular complexity index is 3680. The van der Waals surface area contributed by atoms with Gasteiger partial charge in [0.1, 0.15) is 90.3 Å². The van der Waals surface area contributed by atoms with E-state index in [4.69, 9.17) is 22.3 Å². The standard InChI is InChI=1S/C72H116N18O26S/c1-30(2)23-43(84-71(114)57(37(13)92)90-59(102)36(12)77-58(101)35(11)78-68(111)53(31(3)4)87-70(113)55(33(7)8)88-69(112)54(32(5)6)86-63(106)41(19-20-48(74)94)80-60(103)40(73)25-51(97)98)64(107)85-47(29-91)67(110)82-45(26-49(75)95)65(108)81-44(24-38-15-17-39(93)18-16-38)61(104)76-28-50(96)79-42(21-22-117-14)62(105)83-46(27-52(99)100)66(109)89-56(34(9)10)72(115)116/h15-18,30-37,40-47,53-57,91-93H,19-29,73H2,1-14H3,(H2,74,94)(H2,75,95)(H,76,104)(H,77,101)(H,78,111)(H,79,96)(H,80,103)(H,81,108)(H,82,110)(H,83,105)(H,84,114)(H,85,107)(H,86,106)(H,87,113)(H,88,112)(H,89,109)(H,90,102)(H,97,98)(H,99,100)(H,115,116)/t35-,36-,37+,40-,41-,42-,43-,44-,45-,46-,47-,53-,54-,55-,56-,57-/m0/s1. The number of primary amides is 2. The van der Waals surface area contributed by atoms with E-state index in [0.717, 1.165) is 6.92 Å². The van der Waals surface area contributed by atoms with Crippen LogP contribution in [-0.2, 0) is 102 Å². The van der Waals surface area contributed by atoms with Crippen molar-refractivity contribution in [3.05, 3.63) is 29.8 Å². The van der Waals surface area contributed by atoms with Crippen molar-refractivity contribution >= 4 is 130 Å². The van der Waals surface area contributed by atoms with Gasteiger partial charge in [0.15, 0.2) is 0 Å². The van der Waals surface area contributed by atoms with Gasteiger partial charge in [-0.05, 0) is 99.3 Å². The summed E-state index contributed by atoms with van der Waals surface area (Å²) in [6, 6.07) is -19.1. The summed E-state index contributed by atoms with van der Waals surface area (Å²) < 4.78 is 0. The Morgan fingerprint density at radius 1 is 0.393 bits per heavy atom. The average Bonchev–Trinajstić information content (AvgIpc) is 0.850. The molecular weight excluding hydrogens is 1560 g/mol. The molecule has 0 bridgehead atoms. The van der Waals surface area contributed by atoms with Gasteiger partial charge in [-0.3, -0.25) is 91.1 Å². The van der Waals surface area contributed by atoms with Crippen LogP contribution in [0.2, 0.25) is 0 Å². The maximum absolute atomic E-state index is 14.1. The highest BCUT2D eigenvalue weighted by atomic mass is 32.2. The minimum atomic E-state index is -1.99. The molecule has 1 aromatic carbocycles. The first-order valence-electron chi connectivity index (χ1n) is 37.4. The predicted molar refractivity (Wildman–Crippen MR) is 416 cm³/mol. The number of carbonyl (C=O) groups excluding carboxylic acids is 17. The summed E-state index contributed by atoms with van der Waals surface area (Å²) in [7, 11) is 0. The molecule has 0 fully saturated rings. The van der Waals surface area contributed by atoms with Crippen molar-refractivity contribution in [1.29, 1.82) is 0 Å². The Kier molecular flexibility index (Phi) is 45.1. The van der Waals surface area contributed by atoms with Crippen molar-refractivity contribution < 1.29 is 127 Å². The SMILES string of the molecule is CSCC[C@H](NC(=O)CNC(=O)[C@H](Cc1ccc(O)cc1)NC(=O)[C@H](CC(N)=O)NC(=O)[C@H](CO)NC(=O)[C@H](CC(C)C)NC(=O)[C@@H](NC(=O)[C@H](C)NC(=O)[C@H](C)NC(=O)[C@@H](NC(=O)[C@@H](NC(=O)[C@@H](NC(=O)[C@H](CCC(N)=O)NC(=O)[C@@H](N)CC(=O)O)C(C)C)C(C)C)C(C)C)[C@@H](C)O)C(=O)N[C@@H](CC(=O)O)C(=O)N[C@H](C(=O)O)C(C)C. The van der Waals surface area contributed by atoms with Gasteiger partial charge < -0.3 is 128 Å². The van der Waals surface area contributed by atoms with Crippen LogP contribution in [0.5, 0.6) is 5.75 Å². The summed E-state index contributed by atoms with van der Waals surface area (Å²) in [5.41, 5.74) is 16.7. The number of carboxylic acid groups (broad SMARTS) is 3. The first-order valence-corrected chi connectivity index (χ1v) is 38.8. The third-order valence-electron chi connectivity index (χ3n) is 17.5. The molecule has 0 unspecified atom stereocenters. The Hall–Kier alpha value is -11.3. The number of phenols is 1. The molecule has 656 valence electrons. The molecule has 0 aliphatic rings. The molecule has 0 saturated carbocycles. The minimum Gasteiger partial charge on any atom is -0.508 e. The smallest absolute Gasteiger partial charge is 0.326 e. The molecule has 45 heteroatoms. The van der Waals surface area contributed by atoms with E-state index in [2.05, 4.69) is 79.8 Å². The molecule has 44 nitrogen and oxygen atoms in total. The second kappa shape index (κ2) is 50.9. The lowest BCUT2D eigenvalue weighted by Gasteiger charge is -2.30. The highest BCUT2D eigenvalue weighted by Gasteiger charge is 2.40. The summed E-state index contributed by atoms with van der Waals surface area (Å²) in [4.78, 5) is 264. The lowest BCUT2D eigenvalue weighted by molar-refractivity contribution is -0.144. The predicted octanol–water partition coefficient (Wildman–Crippen LogP) is -7.82. The van der Waals surface area contributed by atoms with Crippen LogP contribution in [0, 0.1) is 29.6 Å². The number of carbonyl (C=O) groups is 20. The molecule has 0 saturated heterocycles. The van der Waals surface area contributed by atoms with E-state index in [1.54, 1.807) is 61.6 Å². The number of nitrogens with two attached hydrogens (primary N) is 3. The number of rotatable bonds is 53. The lowest BCUT2D eigenvalue weighted by atomic mass is 9.97. The molecule has 0 heterocycles. The van der Waals surface area contributed by atoms with E-state index in [1.165, 1.54) is 63.7 Å². The lowest BCUT2D eigenvalue weighted by Crippen LogP contribution is -2.62. The summed E-state index contributed by atoms with van der Waals surface area (Å²) in [5.74, 6) is -25.8. The highest BCUT2D eigenvalue weighted by molar-refractivity contribution is 7.98. The molecule has 1 aromatic rings. The van der Waals surface area contributed by atoms with E-state index in [0.29, 0.717) is 0 Å². The van der Waals surface area contributed by atoms with Gasteiger partial charge in [-0.2, -0.15) is 11.8 Å². The van der Waals surface area contributed by atoms with Crippen molar-refractivity contribution in [2.24, 2.45) is 46.8 Å². The molecular formula is C72H116N18O26S. The highest BCUT2D eigenvalue weighted by Crippen LogP contribution is 2.16. The van der Waals surface area contributed by atoms with Crippen LogP contribution >= 0.6 is 11.8 Å². The Morgan fingerprint density at radius 3 is 1.22 bits per heavy atom. The number of aliphatic hydroxyl groups is 2. The zero-order valence-corrected chi connectivity index (χ0v) is 68.5. The van der Waals surface area contributed by atoms with E-state index >= 15 is 0 Å². The van der Waals surface area contributed by atoms with Gasteiger partial charge >= 0.3 is 17.9 Å². The largest absolute Gasteiger partial charge is 0.508 e. The quantitative estimate of drug-likeness (QED) is 0.0288. The third-order valence-corrected chi connectivity index (χ3v) is 18.1. The van der Waals surface area contributed by atoms with Crippen LogP contribution in [0.4, 0.5) is 0 Å². The van der Waals surface area contributed by atoms with Crippen LogP contribution in [0.25, 0.3) is 0 Å². The normalized spacial score (nSPS) is 15.3. The van der Waals surface area contributed by atoms with Crippen molar-refractivity contribution in [2.75, 3.05) is 25.2 Å². The van der Waals surface area contributed by atoms with E-state index in [-0.39, 0.29) is 36.3 Å². The molecule has 0 aliphatic heterocycles. The fourth-order valence-electron chi connectivity index (χ4n) is 10.8. The number of benzene rings is 1. The summed E-state index contributed by atoms with van der Waals surface area (Å²) >= 11 is 1.23. The maximum atomic E-state index is 14.1. The Morgan fingerprint density at radius 2 is 0.769 bits per heavy atom. The number of amides is 17. The summed E-state index contributed by atoms with van der Waals surface area (Å²) in [6.07, 6.45) is -4.39. The number of thioether (sulfide) groups is 1. The number of aliphatic carboxylic acids is 3. The second-order valence-electron chi connectivity index (χ2n) is 29.6. The number of nitrogens with one attached hydrogen (secondary N) is 15. The molecule has 0 spiro atoms. The molecule has 117 heavy (non-hydrogen) atoms. The zero-order valence-electron chi connectivity index (χ0n) is 67.7. The van der Waals surface area contributed by atoms with Gasteiger partial charge in [0, 0.05) is 12.8 Å². The Balaban J connectivity index is 3.35. The summed E-state index contributed by atoms with van der Waals surface area (Å²) in [6.45, 7) is 16.8. The first kappa shape index (κ1) is 104. The monoisotopic (exact) mass is 1680 g/mol. The molecule has 27 N–H and O–H groups in total. The zero-order chi connectivity index (χ0) is 89.7. The van der Waals surface area contributed by atoms with Crippen LogP contribution < -0.4 is 97.0 Å². The summed E-state index contributed by atoms with van der Waals surface area (Å²) in [5, 5.41) is 94.6. The Labute approximate surface area is 679 Å². The third kappa shape index (κ3) is 37.9. The van der Waals surface area contributed by atoms with Crippen LogP contribution in [0.3, 0.4) is 0 Å². The van der Waals surface area contributed by atoms with Gasteiger partial charge in [0.05, 0.1) is 44.6 Å². The number of hydrogen-bond acceptors (Lipinski definition) is 25. The molecule has 1 rings (SSSR count). The number of phenolic OH excluding ortho intramolecular Hbond substituents is 1. The molecule has 17 amide bonds. The molecule has 16 atom stereocenters. The van der Waals surface area contributed by atoms with Crippen LogP contribution in [-0.4, -0.2) is 271 Å². The molecule has 0 aliphatic carbocycles. The van der Waals surface area contributed by atoms with Gasteiger partial charge in [0.25, 0.3) is 0 Å². The fraction of sp³-hybridized carbons (Fsp3) is 0.639. The number of aliphatic hydroxyl groups excluding tert-OH is 2. The topological polar surface area (TPSA) is 721 Å². The van der Waals surface area contributed by atoms with Crippen molar-refractivity contribution in [2.45, 2.75) is 238 Å². The maximum Gasteiger partial charge on any atom is 0.326 e. The van der Waals surface area contributed by atoms with E-state index in [1.807, 2.05) is 0 Å². The average molecular weight is 1680 g/mol. The molecule has 0 radical (unpaired) electrons. The van der Waals surface area contributed by atoms with Gasteiger partial charge in [0.2, 0.25) is 100 Å².